The van der Waals surface area contributed by atoms with Crippen molar-refractivity contribution < 1.29 is 28.6 Å². The van der Waals surface area contributed by atoms with Gasteiger partial charge in [0.25, 0.3) is 0 Å². The van der Waals surface area contributed by atoms with Gasteiger partial charge in [-0.1, -0.05) is 43.5 Å². The summed E-state index contributed by atoms with van der Waals surface area (Å²) in [7, 11) is 3.17. The van der Waals surface area contributed by atoms with Gasteiger partial charge in [-0.3, -0.25) is 14.4 Å². The maximum atomic E-state index is 14.2. The number of benzene rings is 2. The monoisotopic (exact) mass is 545 g/mol. The number of rotatable bonds is 8. The lowest BCUT2D eigenvalue weighted by molar-refractivity contribution is -0.142. The van der Waals surface area contributed by atoms with Gasteiger partial charge >= 0.3 is 0 Å². The smallest absolute Gasteiger partial charge is 0.246 e. The van der Waals surface area contributed by atoms with Crippen molar-refractivity contribution in [1.29, 1.82) is 0 Å². The molecule has 3 unspecified atom stereocenters. The zero-order valence-corrected chi connectivity index (χ0v) is 22.8. The van der Waals surface area contributed by atoms with Gasteiger partial charge in [0.2, 0.25) is 17.7 Å². The number of anilines is 1. The maximum Gasteiger partial charge on any atom is 0.246 e. The van der Waals surface area contributed by atoms with E-state index in [-0.39, 0.29) is 30.3 Å². The molecule has 3 heterocycles. The molecule has 3 fully saturated rings. The molecule has 3 amide bonds. The number of nitrogens with zero attached hydrogens (tertiary/aromatic N) is 1. The van der Waals surface area contributed by atoms with Crippen molar-refractivity contribution in [2.24, 2.45) is 11.8 Å². The third-order valence-electron chi connectivity index (χ3n) is 8.72. The Morgan fingerprint density at radius 2 is 1.75 bits per heavy atom. The van der Waals surface area contributed by atoms with Gasteiger partial charge in [0.15, 0.2) is 0 Å². The van der Waals surface area contributed by atoms with E-state index in [1.807, 2.05) is 36.4 Å². The minimum absolute atomic E-state index is 0.0715. The van der Waals surface area contributed by atoms with Crippen molar-refractivity contribution in [3.8, 4) is 11.5 Å². The fraction of sp³-hybridized carbons (Fsp3) is 0.452. The van der Waals surface area contributed by atoms with Crippen LogP contribution in [0.5, 0.6) is 11.5 Å². The van der Waals surface area contributed by atoms with Crippen LogP contribution in [0.3, 0.4) is 0 Å². The standard InChI is InChI=1S/C31H35N3O6/c1-38-22-13-11-21(12-14-22)32-28(35)25-24-15-16-31(40-24)26(25)30(37)34(18-19-7-6-10-23(17-19)39-2)27(31)29(36)33-20-8-4-3-5-9-20/h6-7,10-17,20,24-27H,3-5,8-9,18H2,1-2H3,(H,32,35)(H,33,36)/t24-,25?,26-,27?,31?/m0/s1. The van der Waals surface area contributed by atoms with Crippen molar-refractivity contribution in [3.63, 3.8) is 0 Å². The number of amides is 3. The Labute approximate surface area is 233 Å². The molecule has 2 saturated heterocycles. The molecule has 9 nitrogen and oxygen atoms in total. The molecule has 1 spiro atoms. The van der Waals surface area contributed by atoms with Gasteiger partial charge in [0.1, 0.15) is 23.1 Å². The fourth-order valence-electron chi connectivity index (χ4n) is 6.83. The number of carbonyl (C=O) groups excluding carboxylic acids is 3. The Bertz CT molecular complexity index is 1320. The van der Waals surface area contributed by atoms with Gasteiger partial charge in [-0.25, -0.2) is 0 Å². The van der Waals surface area contributed by atoms with E-state index in [1.54, 1.807) is 43.4 Å². The first-order valence-corrected chi connectivity index (χ1v) is 14.0. The van der Waals surface area contributed by atoms with Crippen LogP contribution in [-0.2, 0) is 25.7 Å². The van der Waals surface area contributed by atoms with E-state index < -0.39 is 29.6 Å². The van der Waals surface area contributed by atoms with Gasteiger partial charge in [-0.2, -0.15) is 0 Å². The molecule has 5 atom stereocenters. The molecule has 2 aromatic carbocycles. The molecule has 0 radical (unpaired) electrons. The SMILES string of the molecule is COc1ccc(NC(=O)C2[C@@H]3C=CC4(O3)C(C(=O)NC3CCCCC3)N(Cc3cccc(OC)c3)C(=O)[C@H]24)cc1. The molecule has 9 heteroatoms. The number of hydrogen-bond donors (Lipinski definition) is 2. The van der Waals surface area contributed by atoms with Crippen molar-refractivity contribution in [2.75, 3.05) is 19.5 Å². The largest absolute Gasteiger partial charge is 0.497 e. The third kappa shape index (κ3) is 4.52. The van der Waals surface area contributed by atoms with Crippen LogP contribution < -0.4 is 20.1 Å². The van der Waals surface area contributed by atoms with Gasteiger partial charge in [0.05, 0.1) is 32.2 Å². The second kappa shape index (κ2) is 10.6. The molecule has 2 N–H and O–H groups in total. The minimum Gasteiger partial charge on any atom is -0.497 e. The van der Waals surface area contributed by atoms with Gasteiger partial charge in [-0.15, -0.1) is 0 Å². The number of carbonyl (C=O) groups is 3. The highest BCUT2D eigenvalue weighted by Crippen LogP contribution is 2.55. The highest BCUT2D eigenvalue weighted by molar-refractivity contribution is 6.02. The van der Waals surface area contributed by atoms with Crippen LogP contribution in [0.4, 0.5) is 5.69 Å². The molecule has 2 bridgehead atoms. The zero-order chi connectivity index (χ0) is 27.9. The highest BCUT2D eigenvalue weighted by atomic mass is 16.5. The Morgan fingerprint density at radius 3 is 2.48 bits per heavy atom. The number of fused-ring (bicyclic) bond motifs is 1. The third-order valence-corrected chi connectivity index (χ3v) is 8.72. The molecule has 3 aliphatic heterocycles. The fourth-order valence-corrected chi connectivity index (χ4v) is 6.83. The molecule has 40 heavy (non-hydrogen) atoms. The van der Waals surface area contributed by atoms with Crippen LogP contribution in [0.1, 0.15) is 37.7 Å². The van der Waals surface area contributed by atoms with Crippen LogP contribution in [0.2, 0.25) is 0 Å². The lowest BCUT2D eigenvalue weighted by Gasteiger charge is -2.34. The molecule has 1 aliphatic carbocycles. The van der Waals surface area contributed by atoms with Crippen LogP contribution >= 0.6 is 0 Å². The van der Waals surface area contributed by atoms with E-state index in [9.17, 15) is 14.4 Å². The van der Waals surface area contributed by atoms with Crippen LogP contribution in [0, 0.1) is 11.8 Å². The molecule has 6 rings (SSSR count). The molecule has 1 saturated carbocycles. The summed E-state index contributed by atoms with van der Waals surface area (Å²) in [6, 6.07) is 13.7. The van der Waals surface area contributed by atoms with E-state index in [0.29, 0.717) is 17.2 Å². The summed E-state index contributed by atoms with van der Waals surface area (Å²) in [4.78, 5) is 43.4. The zero-order valence-electron chi connectivity index (χ0n) is 22.8. The summed E-state index contributed by atoms with van der Waals surface area (Å²) in [5.41, 5.74) is 0.218. The number of hydrogen-bond acceptors (Lipinski definition) is 6. The minimum atomic E-state index is -1.21. The molecule has 4 aliphatic rings. The first-order valence-electron chi connectivity index (χ1n) is 14.0. The van der Waals surface area contributed by atoms with Gasteiger partial charge in [0, 0.05) is 18.3 Å². The van der Waals surface area contributed by atoms with Gasteiger partial charge < -0.3 is 29.7 Å². The van der Waals surface area contributed by atoms with E-state index in [0.717, 1.165) is 31.2 Å². The average molecular weight is 546 g/mol. The normalized spacial score (nSPS) is 28.9. The highest BCUT2D eigenvalue weighted by Gasteiger charge is 2.72. The second-order valence-corrected chi connectivity index (χ2v) is 11.1. The van der Waals surface area contributed by atoms with Crippen LogP contribution in [-0.4, -0.2) is 60.6 Å². The number of nitrogens with one attached hydrogen (secondary N) is 2. The quantitative estimate of drug-likeness (QED) is 0.493. The predicted octanol–water partition coefficient (Wildman–Crippen LogP) is 3.44. The van der Waals surface area contributed by atoms with Crippen molar-refractivity contribution in [3.05, 3.63) is 66.2 Å². The van der Waals surface area contributed by atoms with Crippen molar-refractivity contribution in [1.82, 2.24) is 10.2 Å². The lowest BCUT2D eigenvalue weighted by Crippen LogP contribution is -2.56. The molecular weight excluding hydrogens is 510 g/mol. The maximum absolute atomic E-state index is 14.2. The summed E-state index contributed by atoms with van der Waals surface area (Å²) >= 11 is 0. The summed E-state index contributed by atoms with van der Waals surface area (Å²) in [5, 5.41) is 6.16. The van der Waals surface area contributed by atoms with Crippen LogP contribution in [0.15, 0.2) is 60.7 Å². The van der Waals surface area contributed by atoms with Gasteiger partial charge in [-0.05, 0) is 54.8 Å². The van der Waals surface area contributed by atoms with E-state index in [2.05, 4.69) is 10.6 Å². The molecule has 2 aromatic rings. The van der Waals surface area contributed by atoms with Crippen molar-refractivity contribution in [2.45, 2.75) is 62.4 Å². The van der Waals surface area contributed by atoms with Crippen molar-refractivity contribution >= 4 is 23.4 Å². The second-order valence-electron chi connectivity index (χ2n) is 11.1. The Morgan fingerprint density at radius 1 is 1.00 bits per heavy atom. The Balaban J connectivity index is 1.31. The number of methoxy groups -OCH3 is 2. The predicted molar refractivity (Wildman–Crippen MR) is 148 cm³/mol. The van der Waals surface area contributed by atoms with E-state index >= 15 is 0 Å². The summed E-state index contributed by atoms with van der Waals surface area (Å²) in [6.45, 7) is 0.200. The molecule has 0 aromatic heterocycles. The number of ether oxygens (including phenoxy) is 3. The van der Waals surface area contributed by atoms with Crippen LogP contribution in [0.25, 0.3) is 0 Å². The van der Waals surface area contributed by atoms with E-state index in [1.165, 1.54) is 6.42 Å². The lowest BCUT2D eigenvalue weighted by atomic mass is 9.74. The topological polar surface area (TPSA) is 106 Å². The number of likely N-dealkylation sites (tertiary alicyclic amines) is 1. The first-order chi connectivity index (χ1) is 19.4. The Kier molecular flexibility index (Phi) is 7.00. The summed E-state index contributed by atoms with van der Waals surface area (Å²) in [6.07, 6.45) is 8.24. The Hall–Kier alpha value is -3.85. The summed E-state index contributed by atoms with van der Waals surface area (Å²) < 4.78 is 17.1. The molecular formula is C31H35N3O6. The average Bonchev–Trinajstić information content (AvgIpc) is 3.61. The van der Waals surface area contributed by atoms with E-state index in [4.69, 9.17) is 14.2 Å². The first kappa shape index (κ1) is 26.4. The molecule has 210 valence electrons. The summed E-state index contributed by atoms with van der Waals surface area (Å²) in [5.74, 6) is -1.03.